The highest BCUT2D eigenvalue weighted by molar-refractivity contribution is 6.32. The average Bonchev–Trinajstić information content (AvgIpc) is 3.47. The second kappa shape index (κ2) is 7.47. The number of hydrogen-bond donors (Lipinski definition) is 0. The molecule has 150 valence electrons. The van der Waals surface area contributed by atoms with Crippen molar-refractivity contribution < 1.29 is 9.47 Å². The smallest absolute Gasteiger partial charge is 0.141 e. The molecule has 1 aliphatic heterocycles. The number of imidazole rings is 1. The van der Waals surface area contributed by atoms with Gasteiger partial charge < -0.3 is 14.0 Å². The quantitative estimate of drug-likeness (QED) is 0.608. The number of pyridine rings is 1. The van der Waals surface area contributed by atoms with Crippen molar-refractivity contribution in [2.75, 3.05) is 13.2 Å². The molecule has 0 amide bonds. The number of halogens is 1. The van der Waals surface area contributed by atoms with Crippen molar-refractivity contribution in [3.8, 4) is 28.4 Å². The Morgan fingerprint density at radius 2 is 1.83 bits per heavy atom. The van der Waals surface area contributed by atoms with E-state index in [2.05, 4.69) is 27.8 Å². The standard InChI is InChI=1S/C23H24ClN3O2/c1-14-11-17(12-15(2)25-14)22-20-7-9-28-10-8-27(20)23(26-22)16-3-6-21(19(24)13-16)29-18-4-5-18/h3,6,11-13,18H,4-5,7-10H2,1-2H3. The van der Waals surface area contributed by atoms with Gasteiger partial charge in [-0.05, 0) is 57.0 Å². The van der Waals surface area contributed by atoms with E-state index in [9.17, 15) is 0 Å². The molecule has 0 unspecified atom stereocenters. The van der Waals surface area contributed by atoms with Gasteiger partial charge in [-0.2, -0.15) is 0 Å². The number of benzene rings is 1. The molecule has 2 aliphatic rings. The van der Waals surface area contributed by atoms with E-state index in [4.69, 9.17) is 26.1 Å². The van der Waals surface area contributed by atoms with Crippen LogP contribution in [0.25, 0.3) is 22.6 Å². The number of ether oxygens (including phenoxy) is 2. The van der Waals surface area contributed by atoms with Gasteiger partial charge >= 0.3 is 0 Å². The van der Waals surface area contributed by atoms with Crippen molar-refractivity contribution >= 4 is 11.6 Å². The normalized spacial score (nSPS) is 16.4. The summed E-state index contributed by atoms with van der Waals surface area (Å²) >= 11 is 6.54. The maximum Gasteiger partial charge on any atom is 0.141 e. The van der Waals surface area contributed by atoms with Crippen molar-refractivity contribution in [1.29, 1.82) is 0 Å². The van der Waals surface area contributed by atoms with Crippen molar-refractivity contribution in [2.24, 2.45) is 0 Å². The Hall–Kier alpha value is -2.37. The van der Waals surface area contributed by atoms with E-state index in [1.807, 2.05) is 26.0 Å². The summed E-state index contributed by atoms with van der Waals surface area (Å²) < 4.78 is 13.9. The minimum absolute atomic E-state index is 0.322. The molecule has 0 radical (unpaired) electrons. The molecule has 1 aliphatic carbocycles. The SMILES string of the molecule is Cc1cc(-c2nc(-c3ccc(OC4CC4)c(Cl)c3)n3c2CCOCC3)cc(C)n1. The van der Waals surface area contributed by atoms with E-state index in [0.717, 1.165) is 65.6 Å². The van der Waals surface area contributed by atoms with Crippen LogP contribution >= 0.6 is 11.6 Å². The number of rotatable bonds is 4. The Morgan fingerprint density at radius 1 is 1.03 bits per heavy atom. The summed E-state index contributed by atoms with van der Waals surface area (Å²) in [5, 5.41) is 0.633. The van der Waals surface area contributed by atoms with Crippen LogP contribution in [0.1, 0.15) is 29.9 Å². The Labute approximate surface area is 175 Å². The van der Waals surface area contributed by atoms with Crippen LogP contribution in [0.3, 0.4) is 0 Å². The lowest BCUT2D eigenvalue weighted by Crippen LogP contribution is -2.06. The summed E-state index contributed by atoms with van der Waals surface area (Å²) in [7, 11) is 0. The van der Waals surface area contributed by atoms with Crippen LogP contribution in [0.4, 0.5) is 0 Å². The van der Waals surface area contributed by atoms with Gasteiger partial charge in [-0.1, -0.05) is 11.6 Å². The number of fused-ring (bicyclic) bond motifs is 1. The fraction of sp³-hybridized carbons (Fsp3) is 0.391. The second-order valence-corrected chi connectivity index (χ2v) is 8.25. The van der Waals surface area contributed by atoms with Gasteiger partial charge in [-0.25, -0.2) is 4.98 Å². The van der Waals surface area contributed by atoms with Gasteiger partial charge in [-0.3, -0.25) is 4.98 Å². The van der Waals surface area contributed by atoms with Gasteiger partial charge in [0.1, 0.15) is 11.6 Å². The molecule has 3 heterocycles. The number of nitrogens with zero attached hydrogens (tertiary/aromatic N) is 3. The fourth-order valence-corrected chi connectivity index (χ4v) is 4.16. The zero-order valence-electron chi connectivity index (χ0n) is 16.7. The van der Waals surface area contributed by atoms with Crippen LogP contribution in [0.15, 0.2) is 30.3 Å². The summed E-state index contributed by atoms with van der Waals surface area (Å²) in [6, 6.07) is 10.2. The van der Waals surface area contributed by atoms with Crippen molar-refractivity contribution in [1.82, 2.24) is 14.5 Å². The molecular formula is C23H24ClN3O2. The third-order valence-corrected chi connectivity index (χ3v) is 5.67. The zero-order valence-corrected chi connectivity index (χ0v) is 17.5. The first-order valence-electron chi connectivity index (χ1n) is 10.2. The Bertz CT molecular complexity index is 1050. The average molecular weight is 410 g/mol. The van der Waals surface area contributed by atoms with Crippen LogP contribution in [0.5, 0.6) is 5.75 Å². The van der Waals surface area contributed by atoms with E-state index >= 15 is 0 Å². The molecule has 0 atom stereocenters. The highest BCUT2D eigenvalue weighted by atomic mass is 35.5. The Balaban J connectivity index is 1.61. The fourth-order valence-electron chi connectivity index (χ4n) is 3.93. The lowest BCUT2D eigenvalue weighted by molar-refractivity contribution is 0.140. The van der Waals surface area contributed by atoms with Crippen molar-refractivity contribution in [3.63, 3.8) is 0 Å². The second-order valence-electron chi connectivity index (χ2n) is 7.85. The molecule has 1 aromatic carbocycles. The molecule has 29 heavy (non-hydrogen) atoms. The lowest BCUT2D eigenvalue weighted by atomic mass is 10.1. The minimum Gasteiger partial charge on any atom is -0.489 e. The maximum absolute atomic E-state index is 6.54. The van der Waals surface area contributed by atoms with E-state index < -0.39 is 0 Å². The summed E-state index contributed by atoms with van der Waals surface area (Å²) in [6.07, 6.45) is 3.38. The van der Waals surface area contributed by atoms with E-state index in [1.54, 1.807) is 0 Å². The first kappa shape index (κ1) is 18.6. The van der Waals surface area contributed by atoms with Gasteiger partial charge in [0, 0.05) is 41.2 Å². The monoisotopic (exact) mass is 409 g/mol. The highest BCUT2D eigenvalue weighted by Crippen LogP contribution is 2.37. The molecule has 5 nitrogen and oxygen atoms in total. The molecule has 5 rings (SSSR count). The van der Waals surface area contributed by atoms with Crippen LogP contribution in [0, 0.1) is 13.8 Å². The topological polar surface area (TPSA) is 49.2 Å². The first-order valence-corrected chi connectivity index (χ1v) is 10.6. The highest BCUT2D eigenvalue weighted by Gasteiger charge is 2.25. The molecule has 0 saturated heterocycles. The number of aryl methyl sites for hydroxylation is 2. The van der Waals surface area contributed by atoms with Crippen molar-refractivity contribution in [3.05, 3.63) is 52.4 Å². The molecule has 1 saturated carbocycles. The van der Waals surface area contributed by atoms with Crippen LogP contribution in [0.2, 0.25) is 5.02 Å². The lowest BCUT2D eigenvalue weighted by Gasteiger charge is -2.11. The molecule has 1 fully saturated rings. The molecule has 0 spiro atoms. The Kier molecular flexibility index (Phi) is 4.80. The largest absolute Gasteiger partial charge is 0.489 e. The van der Waals surface area contributed by atoms with E-state index in [-0.39, 0.29) is 0 Å². The third-order valence-electron chi connectivity index (χ3n) is 5.38. The summed E-state index contributed by atoms with van der Waals surface area (Å²) in [4.78, 5) is 9.60. The number of aromatic nitrogens is 3. The maximum atomic E-state index is 6.54. The molecule has 0 bridgehead atoms. The van der Waals surface area contributed by atoms with Gasteiger partial charge in [0.15, 0.2) is 0 Å². The van der Waals surface area contributed by atoms with Gasteiger partial charge in [0.05, 0.1) is 30.0 Å². The summed E-state index contributed by atoms with van der Waals surface area (Å²) in [5.41, 5.74) is 6.31. The van der Waals surface area contributed by atoms with E-state index in [0.29, 0.717) is 24.3 Å². The number of hydrogen-bond acceptors (Lipinski definition) is 4. The van der Waals surface area contributed by atoms with Gasteiger partial charge in [0.25, 0.3) is 0 Å². The van der Waals surface area contributed by atoms with Crippen LogP contribution in [-0.2, 0) is 17.7 Å². The Morgan fingerprint density at radius 3 is 2.55 bits per heavy atom. The minimum atomic E-state index is 0.322. The third kappa shape index (κ3) is 3.77. The van der Waals surface area contributed by atoms with Gasteiger partial charge in [-0.15, -0.1) is 0 Å². The van der Waals surface area contributed by atoms with E-state index in [1.165, 1.54) is 5.69 Å². The summed E-state index contributed by atoms with van der Waals surface area (Å²) in [5.74, 6) is 1.68. The van der Waals surface area contributed by atoms with Crippen molar-refractivity contribution in [2.45, 2.75) is 45.8 Å². The molecule has 2 aromatic heterocycles. The van der Waals surface area contributed by atoms with Crippen LogP contribution in [-0.4, -0.2) is 33.9 Å². The molecule has 6 heteroatoms. The van der Waals surface area contributed by atoms with Gasteiger partial charge in [0.2, 0.25) is 0 Å². The molecule has 3 aromatic rings. The first-order chi connectivity index (χ1) is 14.1. The molecular weight excluding hydrogens is 386 g/mol. The molecule has 0 N–H and O–H groups in total. The predicted molar refractivity (Wildman–Crippen MR) is 114 cm³/mol. The van der Waals surface area contributed by atoms with Crippen LogP contribution < -0.4 is 4.74 Å². The summed E-state index contributed by atoms with van der Waals surface area (Å²) in [6.45, 7) is 6.21. The predicted octanol–water partition coefficient (Wildman–Crippen LogP) is 5.00. The zero-order chi connectivity index (χ0) is 20.0.